The molecule has 1 aliphatic heterocycles. The van der Waals surface area contributed by atoms with E-state index in [1.807, 2.05) is 6.92 Å². The zero-order valence-electron chi connectivity index (χ0n) is 23.2. The maximum atomic E-state index is 13.8. The number of nitro groups is 1. The highest BCUT2D eigenvalue weighted by Gasteiger charge is 2.33. The highest BCUT2D eigenvalue weighted by atomic mass is 32.1. The molecule has 3 heterocycles. The molecule has 0 fully saturated rings. The first-order chi connectivity index (χ1) is 20.2. The number of nitro benzene ring substituents is 1. The van der Waals surface area contributed by atoms with Gasteiger partial charge in [0.05, 0.1) is 33.4 Å². The minimum atomic E-state index is -0.768. The maximum Gasteiger partial charge on any atom is 0.338 e. The first kappa shape index (κ1) is 28.5. The van der Waals surface area contributed by atoms with Crippen LogP contribution in [0.5, 0.6) is 5.75 Å². The van der Waals surface area contributed by atoms with Crippen LogP contribution < -0.4 is 19.6 Å². The number of carbonyl (C=O) groups excluding carboxylic acids is 1. The highest BCUT2D eigenvalue weighted by molar-refractivity contribution is 7.07. The minimum Gasteiger partial charge on any atom is -0.490 e. The van der Waals surface area contributed by atoms with E-state index in [0.717, 1.165) is 5.56 Å². The van der Waals surface area contributed by atoms with E-state index in [0.29, 0.717) is 50.0 Å². The number of fused-ring (bicyclic) bond motifs is 1. The lowest BCUT2D eigenvalue weighted by atomic mass is 9.96. The Kier molecular flexibility index (Phi) is 8.03. The fourth-order valence-corrected chi connectivity index (χ4v) is 5.73. The number of aryl methyl sites for hydroxylation is 1. The summed E-state index contributed by atoms with van der Waals surface area (Å²) < 4.78 is 18.8. The Balaban J connectivity index is 1.60. The molecule has 0 radical (unpaired) electrons. The summed E-state index contributed by atoms with van der Waals surface area (Å²) in [5, 5.41) is 11.3. The number of carbonyl (C=O) groups is 1. The number of furan rings is 1. The minimum absolute atomic E-state index is 0.0464. The third kappa shape index (κ3) is 5.46. The molecule has 1 atom stereocenters. The molecule has 0 saturated heterocycles. The summed E-state index contributed by atoms with van der Waals surface area (Å²) in [6, 6.07) is 14.3. The van der Waals surface area contributed by atoms with Crippen molar-refractivity contribution in [2.45, 2.75) is 26.8 Å². The zero-order chi connectivity index (χ0) is 30.0. The van der Waals surface area contributed by atoms with Crippen LogP contribution in [-0.4, -0.2) is 28.7 Å². The van der Waals surface area contributed by atoms with Crippen molar-refractivity contribution >= 4 is 29.1 Å². The van der Waals surface area contributed by atoms with Gasteiger partial charge in [0.1, 0.15) is 23.9 Å². The molecule has 4 aromatic rings. The van der Waals surface area contributed by atoms with Crippen LogP contribution in [0.15, 0.2) is 92.7 Å². The molecule has 10 nitrogen and oxygen atoms in total. The molecule has 2 aromatic carbocycles. The van der Waals surface area contributed by atoms with Crippen molar-refractivity contribution in [1.82, 2.24) is 4.57 Å². The molecule has 0 amide bonds. The quantitative estimate of drug-likeness (QED) is 0.119. The predicted octanol–water partition coefficient (Wildman–Crippen LogP) is 4.84. The standard InChI is InChI=1S/C31H27N3O7S/c1-5-15-40-22-11-8-20(9-12-22)28-27(30(36)39-6-2)19(4)32-31-33(28)29(35)26(42-31)17-23-13-14-25(41-23)24-16-21(34(37)38)10-7-18(24)3/h5,7-14,16-17,28H,1,6,15H2,2-4H3/b26-17-/t28-/m0/s1. The van der Waals surface area contributed by atoms with Gasteiger partial charge < -0.3 is 13.9 Å². The van der Waals surface area contributed by atoms with Crippen LogP contribution in [0.2, 0.25) is 0 Å². The number of rotatable bonds is 9. The molecule has 214 valence electrons. The topological polar surface area (TPSA) is 126 Å². The molecule has 0 bridgehead atoms. The molecule has 0 saturated carbocycles. The van der Waals surface area contributed by atoms with Gasteiger partial charge in [-0.1, -0.05) is 42.2 Å². The largest absolute Gasteiger partial charge is 0.490 e. The van der Waals surface area contributed by atoms with Crippen molar-refractivity contribution < 1.29 is 23.6 Å². The van der Waals surface area contributed by atoms with Gasteiger partial charge in [-0.3, -0.25) is 19.5 Å². The van der Waals surface area contributed by atoms with Crippen molar-refractivity contribution in [2.75, 3.05) is 13.2 Å². The van der Waals surface area contributed by atoms with Crippen molar-refractivity contribution in [1.29, 1.82) is 0 Å². The number of non-ortho nitro benzene ring substituents is 1. The molecule has 2 aromatic heterocycles. The average molecular weight is 586 g/mol. The molecule has 5 rings (SSSR count). The lowest BCUT2D eigenvalue weighted by molar-refractivity contribution is -0.384. The van der Waals surface area contributed by atoms with Gasteiger partial charge in [-0.05, 0) is 56.2 Å². The van der Waals surface area contributed by atoms with E-state index in [1.165, 1.54) is 28.0 Å². The number of benzene rings is 2. The molecular formula is C31H27N3O7S. The van der Waals surface area contributed by atoms with Crippen LogP contribution in [0, 0.1) is 17.0 Å². The van der Waals surface area contributed by atoms with E-state index in [4.69, 9.17) is 13.9 Å². The van der Waals surface area contributed by atoms with Gasteiger partial charge in [-0.25, -0.2) is 9.79 Å². The van der Waals surface area contributed by atoms with Crippen molar-refractivity contribution in [3.63, 3.8) is 0 Å². The van der Waals surface area contributed by atoms with Gasteiger partial charge in [-0.2, -0.15) is 0 Å². The van der Waals surface area contributed by atoms with Crippen LogP contribution in [0.4, 0.5) is 5.69 Å². The lowest BCUT2D eigenvalue weighted by Gasteiger charge is -2.24. The maximum absolute atomic E-state index is 13.8. The van der Waals surface area contributed by atoms with Gasteiger partial charge in [0.25, 0.3) is 11.2 Å². The Labute approximate surface area is 244 Å². The number of hydrogen-bond donors (Lipinski definition) is 0. The van der Waals surface area contributed by atoms with Crippen LogP contribution in [0.3, 0.4) is 0 Å². The normalized spacial score (nSPS) is 14.7. The summed E-state index contributed by atoms with van der Waals surface area (Å²) in [7, 11) is 0. The van der Waals surface area contributed by atoms with E-state index >= 15 is 0 Å². The fraction of sp³-hybridized carbons (Fsp3) is 0.194. The molecule has 0 aliphatic carbocycles. The first-order valence-electron chi connectivity index (χ1n) is 13.1. The smallest absolute Gasteiger partial charge is 0.338 e. The fourth-order valence-electron chi connectivity index (χ4n) is 4.70. The van der Waals surface area contributed by atoms with Crippen molar-refractivity contribution in [3.05, 3.63) is 125 Å². The Morgan fingerprint density at radius 1 is 1.19 bits per heavy atom. The molecular weight excluding hydrogens is 558 g/mol. The van der Waals surface area contributed by atoms with Crippen LogP contribution in [0.25, 0.3) is 17.4 Å². The number of hydrogen-bond acceptors (Lipinski definition) is 9. The Hall–Kier alpha value is -5.03. The molecule has 0 N–H and O–H groups in total. The number of thiazole rings is 1. The number of aromatic nitrogens is 1. The highest BCUT2D eigenvalue weighted by Crippen LogP contribution is 2.32. The second-order valence-corrected chi connectivity index (χ2v) is 10.4. The van der Waals surface area contributed by atoms with Gasteiger partial charge in [0, 0.05) is 23.8 Å². The molecule has 42 heavy (non-hydrogen) atoms. The van der Waals surface area contributed by atoms with Gasteiger partial charge >= 0.3 is 5.97 Å². The summed E-state index contributed by atoms with van der Waals surface area (Å²) in [5.41, 5.74) is 2.41. The van der Waals surface area contributed by atoms with E-state index in [9.17, 15) is 19.7 Å². The van der Waals surface area contributed by atoms with Gasteiger partial charge in [0.15, 0.2) is 4.80 Å². The Morgan fingerprint density at radius 2 is 1.95 bits per heavy atom. The van der Waals surface area contributed by atoms with Crippen LogP contribution in [0.1, 0.15) is 36.8 Å². The number of allylic oxidation sites excluding steroid dienone is 1. The van der Waals surface area contributed by atoms with Gasteiger partial charge in [-0.15, -0.1) is 0 Å². The molecule has 1 aliphatic rings. The summed E-state index contributed by atoms with van der Waals surface area (Å²) in [5.74, 6) is 0.903. The Bertz CT molecular complexity index is 1910. The van der Waals surface area contributed by atoms with E-state index in [-0.39, 0.29) is 23.4 Å². The van der Waals surface area contributed by atoms with E-state index in [2.05, 4.69) is 11.6 Å². The van der Waals surface area contributed by atoms with Crippen molar-refractivity contribution in [3.8, 4) is 17.1 Å². The summed E-state index contributed by atoms with van der Waals surface area (Å²) in [6.45, 7) is 9.45. The van der Waals surface area contributed by atoms with Crippen molar-refractivity contribution in [2.24, 2.45) is 4.99 Å². The number of ether oxygens (including phenoxy) is 2. The number of esters is 1. The average Bonchev–Trinajstić information content (AvgIpc) is 3.55. The summed E-state index contributed by atoms with van der Waals surface area (Å²) in [4.78, 5) is 42.8. The second kappa shape index (κ2) is 11.8. The first-order valence-corrected chi connectivity index (χ1v) is 13.9. The van der Waals surface area contributed by atoms with Crippen LogP contribution in [-0.2, 0) is 9.53 Å². The van der Waals surface area contributed by atoms with E-state index in [1.54, 1.807) is 68.5 Å². The monoisotopic (exact) mass is 585 g/mol. The predicted molar refractivity (Wildman–Crippen MR) is 158 cm³/mol. The van der Waals surface area contributed by atoms with Crippen LogP contribution >= 0.6 is 11.3 Å². The second-order valence-electron chi connectivity index (χ2n) is 9.43. The SMILES string of the molecule is C=CCOc1ccc([C@H]2C(C(=O)OCC)=C(C)N=c3s/c(=C\c4ccc(-c5cc([N+](=O)[O-])ccc5C)o4)c(=O)n32)cc1. The number of nitrogens with zero attached hydrogens (tertiary/aromatic N) is 3. The van der Waals surface area contributed by atoms with E-state index < -0.39 is 16.9 Å². The third-order valence-electron chi connectivity index (χ3n) is 6.68. The summed E-state index contributed by atoms with van der Waals surface area (Å²) >= 11 is 1.17. The molecule has 0 unspecified atom stereocenters. The molecule has 0 spiro atoms. The Morgan fingerprint density at radius 3 is 2.64 bits per heavy atom. The summed E-state index contributed by atoms with van der Waals surface area (Å²) in [6.07, 6.45) is 3.25. The third-order valence-corrected chi connectivity index (χ3v) is 7.66. The van der Waals surface area contributed by atoms with Gasteiger partial charge in [0.2, 0.25) is 0 Å². The molecule has 11 heteroatoms. The lowest BCUT2D eigenvalue weighted by Crippen LogP contribution is -2.39. The zero-order valence-corrected chi connectivity index (χ0v) is 24.0.